The number of amides is 1. The molecule has 1 aliphatic heterocycles. The Balaban J connectivity index is 1.93. The van der Waals surface area contributed by atoms with Crippen molar-refractivity contribution in [2.45, 2.75) is 44.6 Å². The first-order chi connectivity index (χ1) is 13.2. The van der Waals surface area contributed by atoms with Gasteiger partial charge >= 0.3 is 5.63 Å². The van der Waals surface area contributed by atoms with Gasteiger partial charge in [-0.05, 0) is 24.6 Å². The molecule has 10 heteroatoms. The van der Waals surface area contributed by atoms with Crippen molar-refractivity contribution in [1.82, 2.24) is 0 Å². The third kappa shape index (κ3) is 3.78. The minimum atomic E-state index is -1.68. The number of hydrogen-bond acceptors (Lipinski definition) is 9. The SMILES string of the molecule is CC(=O)N(O[C@@H]1O[C@H](CO)[C@H](O)[C@H](O)[C@H]1O)c1ccc2c(C)cc(=O)oc2c1. The molecular formula is C18H21NO9. The zero-order valence-electron chi connectivity index (χ0n) is 15.2. The summed E-state index contributed by atoms with van der Waals surface area (Å²) < 4.78 is 10.4. The fourth-order valence-corrected chi connectivity index (χ4v) is 3.02. The van der Waals surface area contributed by atoms with Crippen LogP contribution in [0.15, 0.2) is 33.5 Å². The Bertz CT molecular complexity index is 925. The van der Waals surface area contributed by atoms with Gasteiger partial charge in [-0.25, -0.2) is 9.63 Å². The van der Waals surface area contributed by atoms with E-state index in [-0.39, 0.29) is 11.3 Å². The van der Waals surface area contributed by atoms with E-state index < -0.39 is 48.8 Å². The molecule has 152 valence electrons. The summed E-state index contributed by atoms with van der Waals surface area (Å²) in [6.07, 6.45) is -7.61. The van der Waals surface area contributed by atoms with Gasteiger partial charge < -0.3 is 29.6 Å². The number of aryl methyl sites for hydroxylation is 1. The molecule has 0 spiro atoms. The highest BCUT2D eigenvalue weighted by Crippen LogP contribution is 2.27. The Labute approximate surface area is 159 Å². The Morgan fingerprint density at radius 2 is 1.89 bits per heavy atom. The van der Waals surface area contributed by atoms with Gasteiger partial charge in [0.1, 0.15) is 30.0 Å². The molecule has 10 nitrogen and oxygen atoms in total. The number of benzene rings is 1. The molecule has 2 aromatic rings. The Hall–Kier alpha value is -2.34. The van der Waals surface area contributed by atoms with E-state index in [1.807, 2.05) is 0 Å². The summed E-state index contributed by atoms with van der Waals surface area (Å²) in [5.41, 5.74) is 0.560. The largest absolute Gasteiger partial charge is 0.423 e. The summed E-state index contributed by atoms with van der Waals surface area (Å²) in [6.45, 7) is 2.30. The molecule has 1 fully saturated rings. The molecular weight excluding hydrogens is 374 g/mol. The normalized spacial score (nSPS) is 27.7. The van der Waals surface area contributed by atoms with Crippen LogP contribution in [0.1, 0.15) is 12.5 Å². The molecule has 3 rings (SSSR count). The fraction of sp³-hybridized carbons (Fsp3) is 0.444. The number of aliphatic hydroxyl groups is 4. The van der Waals surface area contributed by atoms with Gasteiger partial charge in [-0.15, -0.1) is 0 Å². The van der Waals surface area contributed by atoms with Crippen molar-refractivity contribution < 1.29 is 39.2 Å². The van der Waals surface area contributed by atoms with Crippen LogP contribution in [0, 0.1) is 6.92 Å². The highest BCUT2D eigenvalue weighted by Gasteiger charge is 2.45. The maximum absolute atomic E-state index is 12.1. The van der Waals surface area contributed by atoms with Crippen molar-refractivity contribution in [3.05, 3.63) is 40.2 Å². The van der Waals surface area contributed by atoms with E-state index in [2.05, 4.69) is 0 Å². The van der Waals surface area contributed by atoms with E-state index in [4.69, 9.17) is 14.0 Å². The van der Waals surface area contributed by atoms with Crippen molar-refractivity contribution >= 4 is 22.6 Å². The van der Waals surface area contributed by atoms with Crippen LogP contribution < -0.4 is 10.7 Å². The second kappa shape index (κ2) is 7.95. The van der Waals surface area contributed by atoms with Crippen LogP contribution in [0.2, 0.25) is 0 Å². The maximum Gasteiger partial charge on any atom is 0.336 e. The number of nitrogens with zero attached hydrogens (tertiary/aromatic N) is 1. The van der Waals surface area contributed by atoms with Crippen LogP contribution >= 0.6 is 0 Å². The summed E-state index contributed by atoms with van der Waals surface area (Å²) in [7, 11) is 0. The molecule has 0 unspecified atom stereocenters. The Morgan fingerprint density at radius 3 is 2.54 bits per heavy atom. The highest BCUT2D eigenvalue weighted by atomic mass is 16.8. The topological polar surface area (TPSA) is 150 Å². The van der Waals surface area contributed by atoms with Crippen molar-refractivity contribution in [3.63, 3.8) is 0 Å². The molecule has 5 atom stereocenters. The van der Waals surface area contributed by atoms with Gasteiger partial charge in [-0.2, -0.15) is 5.06 Å². The van der Waals surface area contributed by atoms with Gasteiger partial charge in [0.05, 0.1) is 12.3 Å². The predicted molar refractivity (Wildman–Crippen MR) is 95.2 cm³/mol. The number of anilines is 1. The third-order valence-electron chi connectivity index (χ3n) is 4.51. The first kappa shape index (κ1) is 20.4. The van der Waals surface area contributed by atoms with Crippen molar-refractivity contribution in [2.75, 3.05) is 11.7 Å². The summed E-state index contributed by atoms with van der Waals surface area (Å²) in [4.78, 5) is 29.1. The number of fused-ring (bicyclic) bond motifs is 1. The van der Waals surface area contributed by atoms with Gasteiger partial charge in [-0.3, -0.25) is 4.79 Å². The number of ether oxygens (including phenoxy) is 1. The van der Waals surface area contributed by atoms with Crippen LogP contribution in [0.3, 0.4) is 0 Å². The first-order valence-corrected chi connectivity index (χ1v) is 8.55. The molecule has 0 saturated carbocycles. The van der Waals surface area contributed by atoms with E-state index in [0.29, 0.717) is 10.9 Å². The summed E-state index contributed by atoms with van der Waals surface area (Å²) >= 11 is 0. The molecule has 1 aliphatic rings. The average Bonchev–Trinajstić information content (AvgIpc) is 2.64. The molecule has 2 heterocycles. The molecule has 4 N–H and O–H groups in total. The van der Waals surface area contributed by atoms with Crippen LogP contribution in [0.25, 0.3) is 11.0 Å². The molecule has 1 aromatic carbocycles. The summed E-state index contributed by atoms with van der Waals surface area (Å²) in [5.74, 6) is -0.591. The van der Waals surface area contributed by atoms with Gasteiger partial charge in [0.15, 0.2) is 0 Å². The van der Waals surface area contributed by atoms with Crippen molar-refractivity contribution in [1.29, 1.82) is 0 Å². The quantitative estimate of drug-likeness (QED) is 0.385. The second-order valence-corrected chi connectivity index (χ2v) is 6.54. The number of hydroxylamine groups is 1. The second-order valence-electron chi connectivity index (χ2n) is 6.54. The first-order valence-electron chi connectivity index (χ1n) is 8.55. The van der Waals surface area contributed by atoms with E-state index in [9.17, 15) is 30.0 Å². The van der Waals surface area contributed by atoms with E-state index in [1.165, 1.54) is 19.1 Å². The lowest BCUT2D eigenvalue weighted by Crippen LogP contribution is -2.60. The lowest BCUT2D eigenvalue weighted by atomic mass is 9.99. The monoisotopic (exact) mass is 395 g/mol. The van der Waals surface area contributed by atoms with Crippen LogP contribution in [0.4, 0.5) is 5.69 Å². The summed E-state index contributed by atoms with van der Waals surface area (Å²) in [6, 6.07) is 5.93. The molecule has 28 heavy (non-hydrogen) atoms. The third-order valence-corrected chi connectivity index (χ3v) is 4.51. The van der Waals surface area contributed by atoms with Crippen LogP contribution in [-0.2, 0) is 14.4 Å². The Morgan fingerprint density at radius 1 is 1.18 bits per heavy atom. The Kier molecular flexibility index (Phi) is 5.79. The van der Waals surface area contributed by atoms with Gasteiger partial charge in [0, 0.05) is 24.4 Å². The van der Waals surface area contributed by atoms with E-state index >= 15 is 0 Å². The molecule has 1 saturated heterocycles. The standard InChI is InChI=1S/C18H21NO9/c1-8-5-14(22)26-12-6-10(3-4-11(8)12)19(9(2)21)28-18-17(25)16(24)15(23)13(7-20)27-18/h3-6,13,15-18,20,23-25H,7H2,1-2H3/t13-,15+,16+,17-,18+/m1/s1. The molecule has 1 aromatic heterocycles. The number of rotatable bonds is 4. The van der Waals surface area contributed by atoms with Gasteiger partial charge in [0.25, 0.3) is 0 Å². The lowest BCUT2D eigenvalue weighted by molar-refractivity contribution is -0.302. The number of hydrogen-bond donors (Lipinski definition) is 4. The fourth-order valence-electron chi connectivity index (χ4n) is 3.02. The lowest BCUT2D eigenvalue weighted by Gasteiger charge is -2.40. The van der Waals surface area contributed by atoms with Crippen LogP contribution in [0.5, 0.6) is 0 Å². The minimum absolute atomic E-state index is 0.186. The predicted octanol–water partition coefficient (Wildman–Crippen LogP) is -0.814. The average molecular weight is 395 g/mol. The summed E-state index contributed by atoms with van der Waals surface area (Å²) in [5, 5.41) is 40.5. The smallest absolute Gasteiger partial charge is 0.336 e. The minimum Gasteiger partial charge on any atom is -0.423 e. The maximum atomic E-state index is 12.1. The highest BCUT2D eigenvalue weighted by molar-refractivity contribution is 5.92. The van der Waals surface area contributed by atoms with Gasteiger partial charge in [0.2, 0.25) is 12.2 Å². The van der Waals surface area contributed by atoms with Crippen LogP contribution in [-0.4, -0.2) is 63.6 Å². The molecule has 0 bridgehead atoms. The van der Waals surface area contributed by atoms with Crippen molar-refractivity contribution in [2.24, 2.45) is 0 Å². The number of aliphatic hydroxyl groups excluding tert-OH is 4. The zero-order valence-corrected chi connectivity index (χ0v) is 15.2. The number of carbonyl (C=O) groups excluding carboxylic acids is 1. The van der Waals surface area contributed by atoms with Gasteiger partial charge in [-0.1, -0.05) is 0 Å². The van der Waals surface area contributed by atoms with E-state index in [1.54, 1.807) is 19.1 Å². The molecule has 0 aliphatic carbocycles. The number of carbonyl (C=O) groups is 1. The molecule has 1 amide bonds. The van der Waals surface area contributed by atoms with E-state index in [0.717, 1.165) is 5.06 Å². The molecule has 0 radical (unpaired) electrons. The van der Waals surface area contributed by atoms with Crippen molar-refractivity contribution in [3.8, 4) is 0 Å². The zero-order chi connectivity index (χ0) is 20.6.